The molecule has 4 heteroatoms. The van der Waals surface area contributed by atoms with Crippen LogP contribution in [0.4, 0.5) is 4.79 Å². The Kier molecular flexibility index (Phi) is 4.92. The number of urea groups is 1. The first-order valence-electron chi connectivity index (χ1n) is 10.8. The van der Waals surface area contributed by atoms with E-state index in [0.29, 0.717) is 0 Å². The first-order chi connectivity index (χ1) is 14.5. The van der Waals surface area contributed by atoms with E-state index in [1.165, 1.54) is 10.5 Å². The van der Waals surface area contributed by atoms with Crippen LogP contribution in [0.25, 0.3) is 10.8 Å². The van der Waals surface area contributed by atoms with Gasteiger partial charge in [0.1, 0.15) is 5.54 Å². The maximum Gasteiger partial charge on any atom is 0.325 e. The van der Waals surface area contributed by atoms with Crippen LogP contribution in [-0.2, 0) is 22.3 Å². The minimum Gasteiger partial charge on any atom is -0.319 e. The van der Waals surface area contributed by atoms with Crippen molar-refractivity contribution in [3.63, 3.8) is 0 Å². The van der Waals surface area contributed by atoms with Crippen LogP contribution in [0.5, 0.6) is 0 Å². The van der Waals surface area contributed by atoms with E-state index in [4.69, 9.17) is 0 Å². The van der Waals surface area contributed by atoms with Gasteiger partial charge in [-0.15, -0.1) is 0 Å². The van der Waals surface area contributed by atoms with Gasteiger partial charge in [0.05, 0.1) is 6.54 Å². The van der Waals surface area contributed by atoms with Gasteiger partial charge in [-0.3, -0.25) is 9.69 Å². The number of aryl methyl sites for hydroxylation is 2. The first-order valence-corrected chi connectivity index (χ1v) is 10.8. The maximum absolute atomic E-state index is 13.6. The summed E-state index contributed by atoms with van der Waals surface area (Å²) in [6.45, 7) is 12.8. The fourth-order valence-electron chi connectivity index (χ4n) is 4.52. The van der Waals surface area contributed by atoms with E-state index in [2.05, 4.69) is 52.1 Å². The van der Waals surface area contributed by atoms with Gasteiger partial charge in [0.25, 0.3) is 5.91 Å². The van der Waals surface area contributed by atoms with Crippen LogP contribution in [0, 0.1) is 13.8 Å². The highest BCUT2D eigenvalue weighted by Crippen LogP contribution is 2.35. The first kappa shape index (κ1) is 21.1. The van der Waals surface area contributed by atoms with Gasteiger partial charge >= 0.3 is 6.03 Å². The van der Waals surface area contributed by atoms with Crippen molar-refractivity contribution in [2.75, 3.05) is 0 Å². The molecule has 160 valence electrons. The number of fused-ring (bicyclic) bond motifs is 1. The van der Waals surface area contributed by atoms with Crippen molar-refractivity contribution in [2.24, 2.45) is 0 Å². The predicted molar refractivity (Wildman–Crippen MR) is 125 cm³/mol. The van der Waals surface area contributed by atoms with Gasteiger partial charge in [-0.1, -0.05) is 75.4 Å². The lowest BCUT2D eigenvalue weighted by atomic mass is 9.83. The number of hydrogen-bond donors (Lipinski definition) is 1. The number of amides is 3. The van der Waals surface area contributed by atoms with Gasteiger partial charge in [-0.05, 0) is 64.8 Å². The largest absolute Gasteiger partial charge is 0.325 e. The molecule has 0 unspecified atom stereocenters. The molecule has 4 nitrogen and oxygen atoms in total. The van der Waals surface area contributed by atoms with Gasteiger partial charge in [-0.2, -0.15) is 0 Å². The zero-order chi connectivity index (χ0) is 22.6. The molecule has 4 rings (SSSR count). The summed E-state index contributed by atoms with van der Waals surface area (Å²) in [5, 5.41) is 4.99. The molecule has 3 aromatic rings. The number of carbonyl (C=O) groups is 2. The quantitative estimate of drug-likeness (QED) is 0.557. The topological polar surface area (TPSA) is 49.4 Å². The highest BCUT2D eigenvalue weighted by atomic mass is 16.2. The van der Waals surface area contributed by atoms with Crippen LogP contribution < -0.4 is 5.32 Å². The molecule has 0 aromatic heterocycles. The molecule has 1 N–H and O–H groups in total. The van der Waals surface area contributed by atoms with E-state index in [0.717, 1.165) is 33.0 Å². The molecule has 0 saturated carbocycles. The summed E-state index contributed by atoms with van der Waals surface area (Å²) in [4.78, 5) is 27.9. The molecule has 1 aliphatic rings. The molecule has 0 spiro atoms. The van der Waals surface area contributed by atoms with Crippen LogP contribution in [0.2, 0.25) is 0 Å². The summed E-state index contributed by atoms with van der Waals surface area (Å²) in [6.07, 6.45) is 0. The number of rotatable bonds is 3. The van der Waals surface area contributed by atoms with Crippen molar-refractivity contribution >= 4 is 22.7 Å². The van der Waals surface area contributed by atoms with Gasteiger partial charge < -0.3 is 5.32 Å². The molecule has 0 aliphatic carbocycles. The lowest BCUT2D eigenvalue weighted by Crippen LogP contribution is -2.41. The number of carbonyl (C=O) groups excluding carboxylic acids is 2. The van der Waals surface area contributed by atoms with Gasteiger partial charge in [0, 0.05) is 0 Å². The van der Waals surface area contributed by atoms with Crippen molar-refractivity contribution in [3.05, 3.63) is 82.4 Å². The summed E-state index contributed by atoms with van der Waals surface area (Å²) in [5.74, 6) is -0.215. The third kappa shape index (κ3) is 3.50. The smallest absolute Gasteiger partial charge is 0.319 e. The molecule has 3 amide bonds. The fourth-order valence-corrected chi connectivity index (χ4v) is 4.52. The molecular formula is C27H30N2O2. The van der Waals surface area contributed by atoms with Gasteiger partial charge in [0.15, 0.2) is 0 Å². The summed E-state index contributed by atoms with van der Waals surface area (Å²) < 4.78 is 0. The maximum atomic E-state index is 13.6. The van der Waals surface area contributed by atoms with Crippen molar-refractivity contribution in [3.8, 4) is 0 Å². The lowest BCUT2D eigenvalue weighted by Gasteiger charge is -2.25. The van der Waals surface area contributed by atoms with E-state index < -0.39 is 5.54 Å². The van der Waals surface area contributed by atoms with Crippen molar-refractivity contribution < 1.29 is 9.59 Å². The van der Waals surface area contributed by atoms with E-state index in [-0.39, 0.29) is 23.9 Å². The monoisotopic (exact) mass is 414 g/mol. The Balaban J connectivity index is 1.71. The predicted octanol–water partition coefficient (Wildman–Crippen LogP) is 5.72. The van der Waals surface area contributed by atoms with E-state index in [1.54, 1.807) is 6.92 Å². The van der Waals surface area contributed by atoms with Crippen LogP contribution >= 0.6 is 0 Å². The standard InChI is InChI=1S/C27H30N2O2/c1-17-14-20(26(3,4)5)15-18(2)22(17)16-29-24(30)27(6,28-25(29)31)23-13-9-11-19-10-7-8-12-21(19)23/h7-15H,16H2,1-6H3,(H,28,31)/t27-/m0/s1. The van der Waals surface area contributed by atoms with Crippen LogP contribution in [-0.4, -0.2) is 16.8 Å². The Labute approximate surface area is 184 Å². The Morgan fingerprint density at radius 3 is 2.19 bits per heavy atom. The highest BCUT2D eigenvalue weighted by Gasteiger charge is 2.49. The average molecular weight is 415 g/mol. The Hall–Kier alpha value is -3.14. The number of nitrogens with one attached hydrogen (secondary N) is 1. The molecule has 1 heterocycles. The zero-order valence-corrected chi connectivity index (χ0v) is 19.2. The number of benzene rings is 3. The van der Waals surface area contributed by atoms with Crippen molar-refractivity contribution in [1.29, 1.82) is 0 Å². The molecule has 3 aromatic carbocycles. The normalized spacial score (nSPS) is 19.2. The molecule has 1 aliphatic heterocycles. The summed E-state index contributed by atoms with van der Waals surface area (Å²) in [6, 6.07) is 17.8. The van der Waals surface area contributed by atoms with Crippen LogP contribution in [0.3, 0.4) is 0 Å². The third-order valence-corrected chi connectivity index (χ3v) is 6.48. The molecule has 1 saturated heterocycles. The zero-order valence-electron chi connectivity index (χ0n) is 19.2. The summed E-state index contributed by atoms with van der Waals surface area (Å²) in [7, 11) is 0. The molecule has 1 fully saturated rings. The van der Waals surface area contributed by atoms with Crippen molar-refractivity contribution in [2.45, 2.75) is 59.0 Å². The molecular weight excluding hydrogens is 384 g/mol. The second-order valence-electron chi connectivity index (χ2n) is 9.81. The van der Waals surface area contributed by atoms with Crippen LogP contribution in [0.15, 0.2) is 54.6 Å². The number of nitrogens with zero attached hydrogens (tertiary/aromatic N) is 1. The van der Waals surface area contributed by atoms with Gasteiger partial charge in [-0.25, -0.2) is 4.79 Å². The molecule has 1 atom stereocenters. The minimum absolute atomic E-state index is 0.0435. The summed E-state index contributed by atoms with van der Waals surface area (Å²) >= 11 is 0. The van der Waals surface area contributed by atoms with Crippen molar-refractivity contribution in [1.82, 2.24) is 10.2 Å². The summed E-state index contributed by atoms with van der Waals surface area (Å²) in [5.41, 5.74) is 4.26. The third-order valence-electron chi connectivity index (χ3n) is 6.48. The Morgan fingerprint density at radius 2 is 1.55 bits per heavy atom. The Bertz CT molecular complexity index is 1180. The average Bonchev–Trinajstić information content (AvgIpc) is 2.92. The molecule has 0 radical (unpaired) electrons. The Morgan fingerprint density at radius 1 is 0.935 bits per heavy atom. The van der Waals surface area contributed by atoms with E-state index in [9.17, 15) is 9.59 Å². The SMILES string of the molecule is Cc1cc(C(C)(C)C)cc(C)c1CN1C(=O)N[C@@](C)(c2cccc3ccccc23)C1=O. The molecule has 0 bridgehead atoms. The molecule has 31 heavy (non-hydrogen) atoms. The second-order valence-corrected chi connectivity index (χ2v) is 9.81. The minimum atomic E-state index is -1.09. The highest BCUT2D eigenvalue weighted by molar-refractivity contribution is 6.09. The van der Waals surface area contributed by atoms with E-state index in [1.807, 2.05) is 42.5 Å². The van der Waals surface area contributed by atoms with E-state index >= 15 is 0 Å². The fraction of sp³-hybridized carbons (Fsp3) is 0.333. The number of hydrogen-bond acceptors (Lipinski definition) is 2. The number of imide groups is 1. The lowest BCUT2D eigenvalue weighted by molar-refractivity contribution is -0.131. The van der Waals surface area contributed by atoms with Gasteiger partial charge in [0.2, 0.25) is 0 Å². The second kappa shape index (κ2) is 7.23. The van der Waals surface area contributed by atoms with Crippen LogP contribution in [0.1, 0.15) is 55.5 Å².